The van der Waals surface area contributed by atoms with Crippen molar-refractivity contribution in [2.45, 2.75) is 19.4 Å². The molecule has 158 valence electrons. The number of rotatable bonds is 3. The van der Waals surface area contributed by atoms with Crippen molar-refractivity contribution in [3.05, 3.63) is 69.9 Å². The van der Waals surface area contributed by atoms with Crippen molar-refractivity contribution in [3.8, 4) is 0 Å². The summed E-state index contributed by atoms with van der Waals surface area (Å²) in [6.45, 7) is 1.02. The van der Waals surface area contributed by atoms with E-state index in [-0.39, 0.29) is 24.3 Å². The van der Waals surface area contributed by atoms with Crippen LogP contribution in [-0.4, -0.2) is 50.7 Å². The largest absolute Gasteiger partial charge is 0.474 e. The van der Waals surface area contributed by atoms with Gasteiger partial charge in [-0.2, -0.15) is 5.10 Å². The molecule has 1 atom stereocenters. The number of amides is 2. The highest BCUT2D eigenvalue weighted by Gasteiger charge is 2.41. The van der Waals surface area contributed by atoms with E-state index < -0.39 is 29.6 Å². The quantitative estimate of drug-likeness (QED) is 0.610. The van der Waals surface area contributed by atoms with Gasteiger partial charge < -0.3 is 10.0 Å². The number of carbonyl (C=O) groups is 3. The molecule has 3 aromatic rings. The number of nitrogens with one attached hydrogen (secondary N) is 1. The molecule has 1 aliphatic heterocycles. The molecular weight excluding hydrogens is 407 g/mol. The van der Waals surface area contributed by atoms with E-state index in [9.17, 15) is 23.6 Å². The van der Waals surface area contributed by atoms with Gasteiger partial charge in [-0.25, -0.2) is 14.3 Å². The Morgan fingerprint density at radius 1 is 1.19 bits per heavy atom. The smallest absolute Gasteiger partial charge is 0.394 e. The number of benzene rings is 2. The molecule has 1 aromatic heterocycles. The molecule has 10 heteroatoms. The standard InChI is InChI=1S/C21H17FN4O5/c1-11-19(28)26(10-25(11)20(29)21(30)31)17-9-12(6-7-15(17)22)8-16-13-4-2-3-5-14(13)18(27)24-23-16/h2-7,9,11H,8,10H2,1H3,(H,24,27)(H,30,31). The van der Waals surface area contributed by atoms with E-state index in [1.807, 2.05) is 0 Å². The summed E-state index contributed by atoms with van der Waals surface area (Å²) < 4.78 is 14.6. The number of nitrogens with zero attached hydrogens (tertiary/aromatic N) is 3. The first-order chi connectivity index (χ1) is 14.8. The Bertz CT molecular complexity index is 1290. The highest BCUT2D eigenvalue weighted by molar-refractivity contribution is 6.32. The van der Waals surface area contributed by atoms with Crippen LogP contribution in [0.1, 0.15) is 18.2 Å². The Labute approximate surface area is 174 Å². The molecule has 0 bridgehead atoms. The zero-order valence-corrected chi connectivity index (χ0v) is 16.3. The van der Waals surface area contributed by atoms with Gasteiger partial charge in [0.2, 0.25) is 0 Å². The van der Waals surface area contributed by atoms with Crippen LogP contribution in [0, 0.1) is 5.82 Å². The van der Waals surface area contributed by atoms with Gasteiger partial charge >= 0.3 is 11.9 Å². The minimum absolute atomic E-state index is 0.0660. The van der Waals surface area contributed by atoms with Gasteiger partial charge in [-0.3, -0.25) is 19.3 Å². The predicted molar refractivity (Wildman–Crippen MR) is 108 cm³/mol. The average Bonchev–Trinajstić information content (AvgIpc) is 3.05. The van der Waals surface area contributed by atoms with E-state index in [0.717, 1.165) is 9.80 Å². The van der Waals surface area contributed by atoms with Gasteiger partial charge in [-0.05, 0) is 30.7 Å². The average molecular weight is 424 g/mol. The summed E-state index contributed by atoms with van der Waals surface area (Å²) in [7, 11) is 0. The Hall–Kier alpha value is -4.08. The Morgan fingerprint density at radius 3 is 2.61 bits per heavy atom. The highest BCUT2D eigenvalue weighted by Crippen LogP contribution is 2.28. The van der Waals surface area contributed by atoms with Crippen LogP contribution in [0.3, 0.4) is 0 Å². The van der Waals surface area contributed by atoms with Gasteiger partial charge in [0.05, 0.1) is 16.8 Å². The number of carboxylic acids is 1. The Morgan fingerprint density at radius 2 is 1.90 bits per heavy atom. The maximum Gasteiger partial charge on any atom is 0.394 e. The molecule has 2 aromatic carbocycles. The van der Waals surface area contributed by atoms with Crippen LogP contribution in [0.15, 0.2) is 47.3 Å². The van der Waals surface area contributed by atoms with Crippen LogP contribution < -0.4 is 10.5 Å². The maximum atomic E-state index is 14.6. The molecule has 0 radical (unpaired) electrons. The molecule has 0 saturated carbocycles. The van der Waals surface area contributed by atoms with Crippen molar-refractivity contribution < 1.29 is 23.9 Å². The van der Waals surface area contributed by atoms with E-state index in [2.05, 4.69) is 10.2 Å². The lowest BCUT2D eigenvalue weighted by atomic mass is 10.0. The molecule has 2 heterocycles. The first kappa shape index (κ1) is 20.2. The summed E-state index contributed by atoms with van der Waals surface area (Å²) in [6.07, 6.45) is 0.250. The summed E-state index contributed by atoms with van der Waals surface area (Å²) in [4.78, 5) is 49.3. The maximum absolute atomic E-state index is 14.6. The fourth-order valence-corrected chi connectivity index (χ4v) is 3.64. The van der Waals surface area contributed by atoms with Gasteiger partial charge in [-0.1, -0.05) is 24.3 Å². The zero-order chi connectivity index (χ0) is 22.3. The molecule has 0 aliphatic carbocycles. The fourth-order valence-electron chi connectivity index (χ4n) is 3.64. The number of hydrogen-bond donors (Lipinski definition) is 2. The third kappa shape index (κ3) is 3.52. The monoisotopic (exact) mass is 424 g/mol. The second kappa shape index (κ2) is 7.63. The Balaban J connectivity index is 1.68. The topological polar surface area (TPSA) is 124 Å². The lowest BCUT2D eigenvalue weighted by molar-refractivity contribution is -0.156. The third-order valence-corrected chi connectivity index (χ3v) is 5.28. The number of hydrogen-bond acceptors (Lipinski definition) is 5. The van der Waals surface area contributed by atoms with Crippen LogP contribution in [0.25, 0.3) is 10.8 Å². The number of halogens is 1. The van der Waals surface area contributed by atoms with Crippen LogP contribution >= 0.6 is 0 Å². The molecule has 1 aliphatic rings. The van der Waals surface area contributed by atoms with Crippen LogP contribution in [0.5, 0.6) is 0 Å². The molecule has 0 spiro atoms. The molecule has 31 heavy (non-hydrogen) atoms. The molecule has 4 rings (SSSR count). The van der Waals surface area contributed by atoms with Crippen molar-refractivity contribution in [3.63, 3.8) is 0 Å². The summed E-state index contributed by atoms with van der Waals surface area (Å²) in [6, 6.07) is 10.1. The third-order valence-electron chi connectivity index (χ3n) is 5.28. The Kier molecular flexibility index (Phi) is 4.97. The number of fused-ring (bicyclic) bond motifs is 1. The number of carboxylic acid groups (broad SMARTS) is 1. The highest BCUT2D eigenvalue weighted by atomic mass is 19.1. The SMILES string of the molecule is CC1C(=O)N(c2cc(Cc3n[nH]c(=O)c4ccccc34)ccc2F)CN1C(=O)C(=O)O. The summed E-state index contributed by atoms with van der Waals surface area (Å²) in [5, 5.41) is 16.6. The van der Waals surface area contributed by atoms with Crippen molar-refractivity contribution in [2.75, 3.05) is 11.6 Å². The summed E-state index contributed by atoms with van der Waals surface area (Å²) >= 11 is 0. The first-order valence-corrected chi connectivity index (χ1v) is 9.38. The van der Waals surface area contributed by atoms with E-state index >= 15 is 0 Å². The molecule has 2 amide bonds. The van der Waals surface area contributed by atoms with Gasteiger partial charge in [-0.15, -0.1) is 0 Å². The minimum atomic E-state index is -1.69. The van der Waals surface area contributed by atoms with Crippen LogP contribution in [0.4, 0.5) is 10.1 Å². The summed E-state index contributed by atoms with van der Waals surface area (Å²) in [5.74, 6) is -4.19. The second-order valence-electron chi connectivity index (χ2n) is 7.17. The second-order valence-corrected chi connectivity index (χ2v) is 7.17. The number of H-pyrrole nitrogens is 1. The van der Waals surface area contributed by atoms with Gasteiger partial charge in [0.15, 0.2) is 0 Å². The number of aliphatic carboxylic acids is 1. The van der Waals surface area contributed by atoms with Crippen LogP contribution in [-0.2, 0) is 20.8 Å². The van der Waals surface area contributed by atoms with Crippen molar-refractivity contribution in [1.82, 2.24) is 15.1 Å². The fraction of sp³-hybridized carbons (Fsp3) is 0.190. The molecule has 2 N–H and O–H groups in total. The van der Waals surface area contributed by atoms with Gasteiger partial charge in [0.1, 0.15) is 18.5 Å². The molecule has 1 unspecified atom stereocenters. The normalized spacial score (nSPS) is 16.2. The van der Waals surface area contributed by atoms with Crippen molar-refractivity contribution in [1.29, 1.82) is 0 Å². The molecule has 1 fully saturated rings. The van der Waals surface area contributed by atoms with E-state index in [1.165, 1.54) is 25.1 Å². The van der Waals surface area contributed by atoms with E-state index in [0.29, 0.717) is 22.0 Å². The number of aromatic amines is 1. The van der Waals surface area contributed by atoms with Crippen molar-refractivity contribution >= 4 is 34.2 Å². The zero-order valence-electron chi connectivity index (χ0n) is 16.3. The number of carbonyl (C=O) groups excluding carboxylic acids is 2. The lowest BCUT2D eigenvalue weighted by Crippen LogP contribution is -2.40. The van der Waals surface area contributed by atoms with Gasteiger partial charge in [0, 0.05) is 11.8 Å². The molecule has 1 saturated heterocycles. The van der Waals surface area contributed by atoms with E-state index in [1.54, 1.807) is 24.3 Å². The number of aromatic nitrogens is 2. The summed E-state index contributed by atoms with van der Waals surface area (Å²) in [5.41, 5.74) is 0.795. The molecular formula is C21H17FN4O5. The predicted octanol–water partition coefficient (Wildman–Crippen LogP) is 1.26. The first-order valence-electron chi connectivity index (χ1n) is 9.38. The van der Waals surface area contributed by atoms with Crippen LogP contribution in [0.2, 0.25) is 0 Å². The lowest BCUT2D eigenvalue weighted by Gasteiger charge is -2.19. The number of anilines is 1. The molecule has 9 nitrogen and oxygen atoms in total. The van der Waals surface area contributed by atoms with Crippen molar-refractivity contribution in [2.24, 2.45) is 0 Å². The van der Waals surface area contributed by atoms with Gasteiger partial charge in [0.25, 0.3) is 11.5 Å². The van der Waals surface area contributed by atoms with E-state index in [4.69, 9.17) is 5.11 Å². The minimum Gasteiger partial charge on any atom is -0.474 e.